The molecule has 2 aromatic rings. The molecule has 1 aliphatic rings. The Balaban J connectivity index is 1.88. The molecule has 0 radical (unpaired) electrons. The number of nitrogens with zero attached hydrogens (tertiary/aromatic N) is 1. The molecule has 0 spiro atoms. The molecule has 0 saturated heterocycles. The zero-order valence-corrected chi connectivity index (χ0v) is 14.4. The Morgan fingerprint density at radius 3 is 2.74 bits per heavy atom. The normalized spacial score (nSPS) is 13.7. The molecule has 23 heavy (non-hydrogen) atoms. The van der Waals surface area contributed by atoms with E-state index in [0.29, 0.717) is 12.3 Å². The van der Waals surface area contributed by atoms with Gasteiger partial charge in [0.15, 0.2) is 0 Å². The van der Waals surface area contributed by atoms with E-state index in [0.717, 1.165) is 22.9 Å². The van der Waals surface area contributed by atoms with Gasteiger partial charge in [-0.15, -0.1) is 0 Å². The van der Waals surface area contributed by atoms with Crippen molar-refractivity contribution in [1.82, 2.24) is 4.90 Å². The maximum atomic E-state index is 12.9. The van der Waals surface area contributed by atoms with Gasteiger partial charge in [0.2, 0.25) is 0 Å². The number of phenols is 1. The van der Waals surface area contributed by atoms with E-state index in [1.807, 2.05) is 29.2 Å². The highest BCUT2D eigenvalue weighted by Crippen LogP contribution is 2.33. The number of carbonyl (C=O) groups excluding carboxylic acids is 1. The predicted molar refractivity (Wildman–Crippen MR) is 91.7 cm³/mol. The van der Waals surface area contributed by atoms with Crippen molar-refractivity contribution in [3.8, 4) is 11.5 Å². The molecule has 0 aromatic heterocycles. The molecule has 1 amide bonds. The zero-order chi connectivity index (χ0) is 16.4. The van der Waals surface area contributed by atoms with E-state index < -0.39 is 0 Å². The molecule has 2 aromatic carbocycles. The van der Waals surface area contributed by atoms with Crippen LogP contribution in [0.25, 0.3) is 0 Å². The number of methoxy groups -OCH3 is 1. The summed E-state index contributed by atoms with van der Waals surface area (Å²) >= 11 is 3.46. The number of hydrogen-bond acceptors (Lipinski definition) is 3. The van der Waals surface area contributed by atoms with Crippen molar-refractivity contribution in [2.24, 2.45) is 0 Å². The van der Waals surface area contributed by atoms with Crippen LogP contribution in [0.2, 0.25) is 0 Å². The summed E-state index contributed by atoms with van der Waals surface area (Å²) in [7, 11) is 1.54. The summed E-state index contributed by atoms with van der Waals surface area (Å²) in [6.07, 6.45) is 2.01. The van der Waals surface area contributed by atoms with Gasteiger partial charge in [0.05, 0.1) is 12.7 Å². The Labute approximate surface area is 143 Å². The number of phenolic OH excluding ortho intramolecular Hbond substituents is 1. The highest BCUT2D eigenvalue weighted by Gasteiger charge is 2.34. The Kier molecular flexibility index (Phi) is 4.57. The number of rotatable bonds is 5. The van der Waals surface area contributed by atoms with Crippen LogP contribution in [0.3, 0.4) is 0 Å². The molecule has 0 aliphatic heterocycles. The minimum Gasteiger partial charge on any atom is -0.507 e. The number of carbonyl (C=O) groups is 1. The van der Waals surface area contributed by atoms with Crippen LogP contribution in [-0.2, 0) is 6.54 Å². The topological polar surface area (TPSA) is 49.8 Å². The monoisotopic (exact) mass is 375 g/mol. The van der Waals surface area contributed by atoms with E-state index in [-0.39, 0.29) is 23.3 Å². The molecule has 1 saturated carbocycles. The first kappa shape index (κ1) is 15.9. The van der Waals surface area contributed by atoms with E-state index in [4.69, 9.17) is 4.74 Å². The van der Waals surface area contributed by atoms with E-state index >= 15 is 0 Å². The van der Waals surface area contributed by atoms with Crippen LogP contribution < -0.4 is 4.74 Å². The molecular formula is C18H18BrNO3. The third-order valence-electron chi connectivity index (χ3n) is 3.92. The van der Waals surface area contributed by atoms with Crippen molar-refractivity contribution in [3.05, 3.63) is 58.1 Å². The Morgan fingerprint density at radius 2 is 2.09 bits per heavy atom. The number of benzene rings is 2. The van der Waals surface area contributed by atoms with Crippen molar-refractivity contribution >= 4 is 21.8 Å². The number of hydrogen-bond donors (Lipinski definition) is 1. The molecule has 120 valence electrons. The minimum absolute atomic E-state index is 0.0179. The van der Waals surface area contributed by atoms with Gasteiger partial charge in [-0.2, -0.15) is 0 Å². The summed E-state index contributed by atoms with van der Waals surface area (Å²) in [6.45, 7) is 0.527. The molecule has 0 atom stereocenters. The van der Waals surface area contributed by atoms with Gasteiger partial charge in [-0.1, -0.05) is 28.1 Å². The van der Waals surface area contributed by atoms with E-state index in [2.05, 4.69) is 15.9 Å². The second kappa shape index (κ2) is 6.62. The third kappa shape index (κ3) is 3.67. The Morgan fingerprint density at radius 1 is 1.30 bits per heavy atom. The van der Waals surface area contributed by atoms with Crippen LogP contribution >= 0.6 is 15.9 Å². The van der Waals surface area contributed by atoms with Crippen molar-refractivity contribution in [2.45, 2.75) is 25.4 Å². The van der Waals surface area contributed by atoms with Gasteiger partial charge in [-0.3, -0.25) is 4.79 Å². The standard InChI is InChI=1S/C18H18BrNO3/c1-23-15-7-8-17(21)16(10-15)18(22)20(14-5-6-14)11-12-3-2-4-13(19)9-12/h2-4,7-10,14,21H,5-6,11H2,1H3. The van der Waals surface area contributed by atoms with E-state index in [1.54, 1.807) is 19.2 Å². The van der Waals surface area contributed by atoms with Crippen molar-refractivity contribution < 1.29 is 14.6 Å². The van der Waals surface area contributed by atoms with Crippen LogP contribution in [0.4, 0.5) is 0 Å². The Hall–Kier alpha value is -2.01. The summed E-state index contributed by atoms with van der Waals surface area (Å²) in [5.41, 5.74) is 1.34. The smallest absolute Gasteiger partial charge is 0.258 e. The first-order chi connectivity index (χ1) is 11.1. The molecule has 0 unspecified atom stereocenters. The summed E-state index contributed by atoms with van der Waals surface area (Å²) < 4.78 is 6.15. The molecular weight excluding hydrogens is 358 g/mol. The molecule has 1 fully saturated rings. The largest absolute Gasteiger partial charge is 0.507 e. The second-order valence-corrected chi connectivity index (χ2v) is 6.59. The molecule has 3 rings (SSSR count). The highest BCUT2D eigenvalue weighted by molar-refractivity contribution is 9.10. The van der Waals surface area contributed by atoms with Gasteiger partial charge in [0, 0.05) is 17.1 Å². The van der Waals surface area contributed by atoms with Gasteiger partial charge < -0.3 is 14.7 Å². The van der Waals surface area contributed by atoms with Crippen LogP contribution in [-0.4, -0.2) is 29.1 Å². The average Bonchev–Trinajstić information content (AvgIpc) is 3.37. The lowest BCUT2D eigenvalue weighted by Crippen LogP contribution is -2.32. The first-order valence-corrected chi connectivity index (χ1v) is 8.30. The summed E-state index contributed by atoms with van der Waals surface area (Å²) in [5, 5.41) is 10.1. The molecule has 4 nitrogen and oxygen atoms in total. The first-order valence-electron chi connectivity index (χ1n) is 7.51. The SMILES string of the molecule is COc1ccc(O)c(C(=O)N(Cc2cccc(Br)c2)C2CC2)c1. The maximum Gasteiger partial charge on any atom is 0.258 e. The van der Waals surface area contributed by atoms with Crippen molar-refractivity contribution in [2.75, 3.05) is 7.11 Å². The molecule has 0 bridgehead atoms. The quantitative estimate of drug-likeness (QED) is 0.859. The van der Waals surface area contributed by atoms with Gasteiger partial charge in [-0.05, 0) is 48.7 Å². The van der Waals surface area contributed by atoms with E-state index in [1.165, 1.54) is 6.07 Å². The lowest BCUT2D eigenvalue weighted by molar-refractivity contribution is 0.0726. The number of amides is 1. The summed E-state index contributed by atoms with van der Waals surface area (Å²) in [4.78, 5) is 14.7. The summed E-state index contributed by atoms with van der Waals surface area (Å²) in [6, 6.07) is 12.9. The average molecular weight is 376 g/mol. The van der Waals surface area contributed by atoms with E-state index in [9.17, 15) is 9.90 Å². The van der Waals surface area contributed by atoms with Crippen LogP contribution in [0.15, 0.2) is 46.9 Å². The molecule has 5 heteroatoms. The van der Waals surface area contributed by atoms with Crippen molar-refractivity contribution in [1.29, 1.82) is 0 Å². The molecule has 1 aliphatic carbocycles. The van der Waals surface area contributed by atoms with Gasteiger partial charge in [0.25, 0.3) is 5.91 Å². The second-order valence-electron chi connectivity index (χ2n) is 5.68. The van der Waals surface area contributed by atoms with Crippen molar-refractivity contribution in [3.63, 3.8) is 0 Å². The minimum atomic E-state index is -0.163. The zero-order valence-electron chi connectivity index (χ0n) is 12.8. The van der Waals surface area contributed by atoms with Crippen LogP contribution in [0.1, 0.15) is 28.8 Å². The fourth-order valence-electron chi connectivity index (χ4n) is 2.55. The number of aromatic hydroxyl groups is 1. The number of ether oxygens (including phenoxy) is 1. The Bertz CT molecular complexity index is 728. The lowest BCUT2D eigenvalue weighted by Gasteiger charge is -2.23. The molecule has 1 N–H and O–H groups in total. The van der Waals surface area contributed by atoms with Gasteiger partial charge in [-0.25, -0.2) is 0 Å². The molecule has 0 heterocycles. The fraction of sp³-hybridized carbons (Fsp3) is 0.278. The highest BCUT2D eigenvalue weighted by atomic mass is 79.9. The third-order valence-corrected chi connectivity index (χ3v) is 4.42. The van der Waals surface area contributed by atoms with Crippen LogP contribution in [0, 0.1) is 0 Å². The van der Waals surface area contributed by atoms with Crippen LogP contribution in [0.5, 0.6) is 11.5 Å². The lowest BCUT2D eigenvalue weighted by atomic mass is 10.1. The predicted octanol–water partition coefficient (Wildman–Crippen LogP) is 3.97. The fourth-order valence-corrected chi connectivity index (χ4v) is 3.00. The number of halogens is 1. The van der Waals surface area contributed by atoms with Gasteiger partial charge >= 0.3 is 0 Å². The van der Waals surface area contributed by atoms with Gasteiger partial charge in [0.1, 0.15) is 11.5 Å². The maximum absolute atomic E-state index is 12.9. The summed E-state index contributed by atoms with van der Waals surface area (Å²) in [5.74, 6) is 0.379.